The maximum absolute atomic E-state index is 11.4. The van der Waals surface area contributed by atoms with E-state index in [2.05, 4.69) is 48.2 Å². The van der Waals surface area contributed by atoms with Crippen molar-refractivity contribution in [1.82, 2.24) is 20.0 Å². The molecular weight excluding hydrogens is 509 g/mol. The molecule has 8 heteroatoms. The third-order valence-corrected chi connectivity index (χ3v) is 5.24. The largest absolute Gasteiger partial charge is 0.355 e. The third kappa shape index (κ3) is 7.03. The number of guanidine groups is 1. The second-order valence-corrected chi connectivity index (χ2v) is 7.12. The Morgan fingerprint density at radius 1 is 1.27 bits per heavy atom. The van der Waals surface area contributed by atoms with E-state index in [9.17, 15) is 4.79 Å². The summed E-state index contributed by atoms with van der Waals surface area (Å²) in [5.74, 6) is 1.06. The maximum atomic E-state index is 11.4. The van der Waals surface area contributed by atoms with Crippen LogP contribution in [0.1, 0.15) is 12.5 Å². The minimum atomic E-state index is 0. The van der Waals surface area contributed by atoms with Gasteiger partial charge in [0, 0.05) is 71.3 Å². The number of nitrogens with one attached hydrogen (secondary N) is 1. The van der Waals surface area contributed by atoms with E-state index in [-0.39, 0.29) is 29.9 Å². The van der Waals surface area contributed by atoms with Gasteiger partial charge in [0.05, 0.1) is 0 Å². The van der Waals surface area contributed by atoms with Gasteiger partial charge in [-0.3, -0.25) is 14.7 Å². The van der Waals surface area contributed by atoms with Gasteiger partial charge in [0.25, 0.3) is 0 Å². The molecule has 1 amide bonds. The number of aliphatic imine (C=N–C) groups is 1. The van der Waals surface area contributed by atoms with E-state index in [0.717, 1.165) is 56.2 Å². The number of hydrogen-bond acceptors (Lipinski definition) is 3. The molecule has 0 radical (unpaired) electrons. The summed E-state index contributed by atoms with van der Waals surface area (Å²) in [5, 5.41) is 3.43. The van der Waals surface area contributed by atoms with Crippen LogP contribution in [0.4, 0.5) is 0 Å². The molecule has 0 bridgehead atoms. The summed E-state index contributed by atoms with van der Waals surface area (Å²) < 4.78 is 1.11. The number of carbonyl (C=O) groups excluding carboxylic acids is 1. The number of hydrogen-bond donors (Lipinski definition) is 1. The first-order valence-electron chi connectivity index (χ1n) is 8.64. The molecule has 1 aromatic rings. The summed E-state index contributed by atoms with van der Waals surface area (Å²) in [6.07, 6.45) is 0. The smallest absolute Gasteiger partial charge is 0.219 e. The Bertz CT molecular complexity index is 605. The van der Waals surface area contributed by atoms with Crippen molar-refractivity contribution in [3.63, 3.8) is 0 Å². The summed E-state index contributed by atoms with van der Waals surface area (Å²) in [5.41, 5.74) is 1.23. The van der Waals surface area contributed by atoms with Gasteiger partial charge in [0.1, 0.15) is 0 Å². The van der Waals surface area contributed by atoms with Crippen LogP contribution in [0.5, 0.6) is 0 Å². The summed E-state index contributed by atoms with van der Waals surface area (Å²) in [4.78, 5) is 22.2. The molecule has 1 N–H and O–H groups in total. The van der Waals surface area contributed by atoms with Crippen molar-refractivity contribution in [2.45, 2.75) is 13.5 Å². The van der Waals surface area contributed by atoms with Crippen LogP contribution in [0.15, 0.2) is 33.7 Å². The number of piperazine rings is 1. The average Bonchev–Trinajstić information content (AvgIpc) is 2.61. The highest BCUT2D eigenvalue weighted by molar-refractivity contribution is 14.0. The van der Waals surface area contributed by atoms with Crippen molar-refractivity contribution in [2.24, 2.45) is 4.99 Å². The van der Waals surface area contributed by atoms with Gasteiger partial charge in [-0.1, -0.05) is 34.1 Å². The molecule has 0 aliphatic carbocycles. The van der Waals surface area contributed by atoms with Crippen molar-refractivity contribution in [3.8, 4) is 0 Å². The Morgan fingerprint density at radius 2 is 1.92 bits per heavy atom. The Balaban J connectivity index is 0.00000338. The van der Waals surface area contributed by atoms with E-state index >= 15 is 0 Å². The highest BCUT2D eigenvalue weighted by Gasteiger charge is 2.18. The fraction of sp³-hybridized carbons (Fsp3) is 0.556. The van der Waals surface area contributed by atoms with E-state index < -0.39 is 0 Å². The predicted octanol–water partition coefficient (Wildman–Crippen LogP) is 2.24. The second kappa shape index (κ2) is 11.8. The zero-order chi connectivity index (χ0) is 18.2. The van der Waals surface area contributed by atoms with Crippen LogP contribution in [0, 0.1) is 0 Å². The van der Waals surface area contributed by atoms with Crippen LogP contribution in [0.3, 0.4) is 0 Å². The Hall–Kier alpha value is -0.870. The average molecular weight is 538 g/mol. The van der Waals surface area contributed by atoms with Crippen molar-refractivity contribution in [1.29, 1.82) is 0 Å². The lowest BCUT2D eigenvalue weighted by atomic mass is 10.2. The standard InChI is InChI=1S/C18H28BrN5O.HI/c1-15(25)24-12-10-23(11-13-24)9-8-21-18(20-2)22(3)14-16-6-4-5-7-17(16)19;/h4-7H,8-14H2,1-3H3,(H,20,21);1H. The third-order valence-electron chi connectivity index (χ3n) is 4.47. The van der Waals surface area contributed by atoms with Crippen molar-refractivity contribution in [3.05, 3.63) is 34.3 Å². The molecular formula is C18H29BrIN5O. The van der Waals surface area contributed by atoms with Crippen LogP contribution in [-0.4, -0.2) is 79.9 Å². The molecule has 1 aliphatic rings. The molecule has 0 aromatic heterocycles. The molecule has 1 aromatic carbocycles. The van der Waals surface area contributed by atoms with Crippen LogP contribution in [0.25, 0.3) is 0 Å². The predicted molar refractivity (Wildman–Crippen MR) is 121 cm³/mol. The Kier molecular flexibility index (Phi) is 10.5. The van der Waals surface area contributed by atoms with Crippen molar-refractivity contribution < 1.29 is 4.79 Å². The van der Waals surface area contributed by atoms with Crippen LogP contribution < -0.4 is 5.32 Å². The molecule has 2 rings (SSSR count). The fourth-order valence-corrected chi connectivity index (χ4v) is 3.36. The van der Waals surface area contributed by atoms with Crippen LogP contribution in [-0.2, 0) is 11.3 Å². The maximum Gasteiger partial charge on any atom is 0.219 e. The van der Waals surface area contributed by atoms with Gasteiger partial charge < -0.3 is 15.1 Å². The molecule has 1 heterocycles. The van der Waals surface area contributed by atoms with Gasteiger partial charge >= 0.3 is 0 Å². The highest BCUT2D eigenvalue weighted by Crippen LogP contribution is 2.17. The number of carbonyl (C=O) groups is 1. The van der Waals surface area contributed by atoms with E-state index in [1.165, 1.54) is 5.56 Å². The molecule has 146 valence electrons. The number of nitrogens with zero attached hydrogens (tertiary/aromatic N) is 4. The lowest BCUT2D eigenvalue weighted by Crippen LogP contribution is -2.50. The molecule has 26 heavy (non-hydrogen) atoms. The Morgan fingerprint density at radius 3 is 2.50 bits per heavy atom. The number of rotatable bonds is 5. The van der Waals surface area contributed by atoms with E-state index in [4.69, 9.17) is 0 Å². The molecule has 0 spiro atoms. The second-order valence-electron chi connectivity index (χ2n) is 6.27. The SMILES string of the molecule is CN=C(NCCN1CCN(C(C)=O)CC1)N(C)Cc1ccccc1Br.I. The van der Waals surface area contributed by atoms with Crippen LogP contribution >= 0.6 is 39.9 Å². The first kappa shape index (κ1) is 23.2. The summed E-state index contributed by atoms with van der Waals surface area (Å²) in [6, 6.07) is 8.24. The van der Waals surface area contributed by atoms with Gasteiger partial charge in [0.15, 0.2) is 5.96 Å². The zero-order valence-corrected chi connectivity index (χ0v) is 19.7. The lowest BCUT2D eigenvalue weighted by Gasteiger charge is -2.34. The van der Waals surface area contributed by atoms with E-state index in [1.54, 1.807) is 6.92 Å². The van der Waals surface area contributed by atoms with Crippen molar-refractivity contribution in [2.75, 3.05) is 53.4 Å². The number of benzene rings is 1. The minimum Gasteiger partial charge on any atom is -0.355 e. The van der Waals surface area contributed by atoms with E-state index in [0.29, 0.717) is 0 Å². The first-order chi connectivity index (χ1) is 12.0. The summed E-state index contributed by atoms with van der Waals surface area (Å²) in [7, 11) is 3.85. The topological polar surface area (TPSA) is 51.2 Å². The molecule has 0 unspecified atom stereocenters. The first-order valence-corrected chi connectivity index (χ1v) is 9.43. The molecule has 6 nitrogen and oxygen atoms in total. The number of amides is 1. The molecule has 0 atom stereocenters. The van der Waals surface area contributed by atoms with Gasteiger partial charge in [-0.15, -0.1) is 24.0 Å². The summed E-state index contributed by atoms with van der Waals surface area (Å²) >= 11 is 3.59. The van der Waals surface area contributed by atoms with E-state index in [1.807, 2.05) is 31.1 Å². The molecule has 1 fully saturated rings. The lowest BCUT2D eigenvalue weighted by molar-refractivity contribution is -0.130. The Labute approximate surface area is 182 Å². The zero-order valence-electron chi connectivity index (χ0n) is 15.7. The van der Waals surface area contributed by atoms with Gasteiger partial charge in [-0.2, -0.15) is 0 Å². The van der Waals surface area contributed by atoms with Crippen LogP contribution in [0.2, 0.25) is 0 Å². The number of halogens is 2. The highest BCUT2D eigenvalue weighted by atomic mass is 127. The molecule has 1 saturated heterocycles. The molecule has 0 saturated carbocycles. The van der Waals surface area contributed by atoms with Gasteiger partial charge in [-0.25, -0.2) is 0 Å². The minimum absolute atomic E-state index is 0. The molecule has 1 aliphatic heterocycles. The monoisotopic (exact) mass is 537 g/mol. The quantitative estimate of drug-likeness (QED) is 0.355. The van der Waals surface area contributed by atoms with Crippen molar-refractivity contribution >= 4 is 51.8 Å². The fourth-order valence-electron chi connectivity index (χ4n) is 2.95. The normalized spacial score (nSPS) is 15.4. The van der Waals surface area contributed by atoms with Gasteiger partial charge in [0.2, 0.25) is 5.91 Å². The van der Waals surface area contributed by atoms with Gasteiger partial charge in [-0.05, 0) is 11.6 Å². The summed E-state index contributed by atoms with van der Waals surface area (Å²) in [6.45, 7) is 7.75.